The third kappa shape index (κ3) is 1.94. The molecule has 0 atom stereocenters. The fourth-order valence-corrected chi connectivity index (χ4v) is 3.04. The van der Waals surface area contributed by atoms with Crippen LogP contribution in [0.5, 0.6) is 0 Å². The number of hydrogen-bond acceptors (Lipinski definition) is 4. The van der Waals surface area contributed by atoms with Gasteiger partial charge in [0.15, 0.2) is 0 Å². The number of hydrogen-bond donors (Lipinski definition) is 1. The smallest absolute Gasteiger partial charge is 0.128 e. The maximum atomic E-state index is 9.05. The zero-order chi connectivity index (χ0) is 12.4. The van der Waals surface area contributed by atoms with Crippen molar-refractivity contribution in [3.8, 4) is 16.5 Å². The highest BCUT2D eigenvalue weighted by molar-refractivity contribution is 7.16. The van der Waals surface area contributed by atoms with E-state index >= 15 is 0 Å². The highest BCUT2D eigenvalue weighted by atomic mass is 32.1. The summed E-state index contributed by atoms with van der Waals surface area (Å²) in [4.78, 5) is 1.68. The molecule has 0 aliphatic carbocycles. The van der Waals surface area contributed by atoms with Crippen molar-refractivity contribution >= 4 is 17.0 Å². The number of anilines is 1. The summed E-state index contributed by atoms with van der Waals surface area (Å²) in [5, 5.41) is 9.05. The quantitative estimate of drug-likeness (QED) is 0.897. The molecule has 3 nitrogen and oxygen atoms in total. The maximum Gasteiger partial charge on any atom is 0.128 e. The lowest BCUT2D eigenvalue weighted by molar-refractivity contribution is 0.535. The second-order valence-corrected chi connectivity index (χ2v) is 4.93. The van der Waals surface area contributed by atoms with Crippen LogP contribution in [0.1, 0.15) is 29.5 Å². The van der Waals surface area contributed by atoms with Gasteiger partial charge in [-0.15, -0.1) is 11.3 Å². The predicted octanol–water partition coefficient (Wildman–Crippen LogP) is 3.72. The summed E-state index contributed by atoms with van der Waals surface area (Å²) in [5.74, 6) is 0.869. The van der Waals surface area contributed by atoms with E-state index in [1.165, 1.54) is 11.3 Å². The van der Waals surface area contributed by atoms with Gasteiger partial charge in [0.25, 0.3) is 0 Å². The van der Waals surface area contributed by atoms with Crippen molar-refractivity contribution in [1.82, 2.24) is 0 Å². The standard InChI is InChI=1S/C13H14N2OS/c1-3-4-10-12(15)11(7-14)17-13(10)9-5-6-16-8(9)2/h5-6H,3-4,15H2,1-2H3. The first kappa shape index (κ1) is 11.7. The van der Waals surface area contributed by atoms with Gasteiger partial charge in [-0.25, -0.2) is 0 Å². The third-order valence-electron chi connectivity index (χ3n) is 2.75. The van der Waals surface area contributed by atoms with E-state index in [1.54, 1.807) is 6.26 Å². The molecule has 0 fully saturated rings. The Bertz CT molecular complexity index is 575. The van der Waals surface area contributed by atoms with Crippen molar-refractivity contribution in [3.05, 3.63) is 28.5 Å². The maximum absolute atomic E-state index is 9.05. The molecule has 0 radical (unpaired) electrons. The molecule has 0 aliphatic rings. The molecular weight excluding hydrogens is 232 g/mol. The first-order chi connectivity index (χ1) is 8.19. The Morgan fingerprint density at radius 3 is 2.82 bits per heavy atom. The number of nitrogens with zero attached hydrogens (tertiary/aromatic N) is 1. The van der Waals surface area contributed by atoms with Gasteiger partial charge in [0.1, 0.15) is 16.7 Å². The topological polar surface area (TPSA) is 63.0 Å². The molecule has 0 aromatic carbocycles. The van der Waals surface area contributed by atoms with Gasteiger partial charge in [0.05, 0.1) is 12.0 Å². The second kappa shape index (κ2) is 4.64. The molecule has 0 unspecified atom stereocenters. The zero-order valence-corrected chi connectivity index (χ0v) is 10.7. The second-order valence-electron chi connectivity index (χ2n) is 3.90. The number of aryl methyl sites for hydroxylation is 1. The lowest BCUT2D eigenvalue weighted by Crippen LogP contribution is -1.93. The minimum atomic E-state index is 0.601. The average Bonchev–Trinajstić information content (AvgIpc) is 2.85. The lowest BCUT2D eigenvalue weighted by atomic mass is 10.0. The van der Waals surface area contributed by atoms with Crippen molar-refractivity contribution in [3.63, 3.8) is 0 Å². The zero-order valence-electron chi connectivity index (χ0n) is 9.91. The van der Waals surface area contributed by atoms with E-state index in [0.29, 0.717) is 10.6 Å². The van der Waals surface area contributed by atoms with Crippen LogP contribution in [0.2, 0.25) is 0 Å². The number of rotatable bonds is 3. The van der Waals surface area contributed by atoms with E-state index in [0.717, 1.165) is 34.6 Å². The number of thiophene rings is 1. The van der Waals surface area contributed by atoms with Crippen LogP contribution in [0.3, 0.4) is 0 Å². The van der Waals surface area contributed by atoms with Crippen LogP contribution >= 0.6 is 11.3 Å². The first-order valence-electron chi connectivity index (χ1n) is 5.54. The van der Waals surface area contributed by atoms with E-state index in [1.807, 2.05) is 13.0 Å². The fraction of sp³-hybridized carbons (Fsp3) is 0.308. The van der Waals surface area contributed by atoms with Crippen LogP contribution in [0.4, 0.5) is 5.69 Å². The van der Waals surface area contributed by atoms with Crippen molar-refractivity contribution in [2.75, 3.05) is 5.73 Å². The van der Waals surface area contributed by atoms with Gasteiger partial charge in [-0.2, -0.15) is 5.26 Å². The van der Waals surface area contributed by atoms with Gasteiger partial charge in [0, 0.05) is 10.4 Å². The van der Waals surface area contributed by atoms with Crippen molar-refractivity contribution < 1.29 is 4.42 Å². The molecule has 0 amide bonds. The number of nitrogen functional groups attached to an aromatic ring is 1. The molecule has 0 saturated heterocycles. The Kier molecular flexibility index (Phi) is 3.21. The molecule has 88 valence electrons. The van der Waals surface area contributed by atoms with E-state index in [2.05, 4.69) is 13.0 Å². The van der Waals surface area contributed by atoms with Gasteiger partial charge >= 0.3 is 0 Å². The summed E-state index contributed by atoms with van der Waals surface area (Å²) < 4.78 is 5.32. The summed E-state index contributed by atoms with van der Waals surface area (Å²) in [6, 6.07) is 4.09. The van der Waals surface area contributed by atoms with Crippen molar-refractivity contribution in [2.24, 2.45) is 0 Å². The summed E-state index contributed by atoms with van der Waals surface area (Å²) in [7, 11) is 0. The molecular formula is C13H14N2OS. The van der Waals surface area contributed by atoms with Crippen LogP contribution in [0.25, 0.3) is 10.4 Å². The molecule has 4 heteroatoms. The van der Waals surface area contributed by atoms with Gasteiger partial charge in [-0.05, 0) is 25.0 Å². The van der Waals surface area contributed by atoms with Crippen LogP contribution in [-0.4, -0.2) is 0 Å². The molecule has 2 aromatic heterocycles. The molecule has 2 heterocycles. The van der Waals surface area contributed by atoms with Gasteiger partial charge in [-0.3, -0.25) is 0 Å². The number of furan rings is 1. The van der Waals surface area contributed by atoms with Crippen LogP contribution < -0.4 is 5.73 Å². The largest absolute Gasteiger partial charge is 0.469 e. The molecule has 2 rings (SSSR count). The molecule has 0 spiro atoms. The third-order valence-corrected chi connectivity index (χ3v) is 3.94. The number of nitriles is 1. The van der Waals surface area contributed by atoms with Crippen LogP contribution in [-0.2, 0) is 6.42 Å². The van der Waals surface area contributed by atoms with Crippen LogP contribution in [0, 0.1) is 18.3 Å². The molecule has 2 N–H and O–H groups in total. The minimum Gasteiger partial charge on any atom is -0.469 e. The molecule has 2 aromatic rings. The SMILES string of the molecule is CCCc1c(-c2ccoc2C)sc(C#N)c1N. The predicted molar refractivity (Wildman–Crippen MR) is 69.9 cm³/mol. The molecule has 0 saturated carbocycles. The van der Waals surface area contributed by atoms with E-state index in [9.17, 15) is 0 Å². The van der Waals surface area contributed by atoms with E-state index in [-0.39, 0.29) is 0 Å². The van der Waals surface area contributed by atoms with Gasteiger partial charge < -0.3 is 10.2 Å². The van der Waals surface area contributed by atoms with E-state index < -0.39 is 0 Å². The highest BCUT2D eigenvalue weighted by Gasteiger charge is 2.18. The first-order valence-corrected chi connectivity index (χ1v) is 6.36. The molecule has 0 bridgehead atoms. The van der Waals surface area contributed by atoms with E-state index in [4.69, 9.17) is 15.4 Å². The lowest BCUT2D eigenvalue weighted by Gasteiger charge is -2.02. The Hall–Kier alpha value is -1.73. The highest BCUT2D eigenvalue weighted by Crippen LogP contribution is 2.40. The summed E-state index contributed by atoms with van der Waals surface area (Å²) in [5.41, 5.74) is 8.78. The van der Waals surface area contributed by atoms with Crippen molar-refractivity contribution in [1.29, 1.82) is 5.26 Å². The van der Waals surface area contributed by atoms with Crippen LogP contribution in [0.15, 0.2) is 16.7 Å². The summed E-state index contributed by atoms with van der Waals surface area (Å²) in [6.07, 6.45) is 3.57. The minimum absolute atomic E-state index is 0.601. The van der Waals surface area contributed by atoms with Gasteiger partial charge in [-0.1, -0.05) is 13.3 Å². The Balaban J connectivity index is 2.61. The fourth-order valence-electron chi connectivity index (χ4n) is 1.90. The summed E-state index contributed by atoms with van der Waals surface area (Å²) in [6.45, 7) is 4.03. The monoisotopic (exact) mass is 246 g/mol. The Morgan fingerprint density at radius 1 is 1.53 bits per heavy atom. The van der Waals surface area contributed by atoms with Gasteiger partial charge in [0.2, 0.25) is 0 Å². The Labute approximate surface area is 104 Å². The Morgan fingerprint density at radius 2 is 2.29 bits per heavy atom. The average molecular weight is 246 g/mol. The molecule has 17 heavy (non-hydrogen) atoms. The number of nitrogens with two attached hydrogens (primary N) is 1. The van der Waals surface area contributed by atoms with Crippen molar-refractivity contribution in [2.45, 2.75) is 26.7 Å². The normalized spacial score (nSPS) is 10.4. The molecule has 0 aliphatic heterocycles. The summed E-state index contributed by atoms with van der Waals surface area (Å²) >= 11 is 1.45.